The third kappa shape index (κ3) is 3.44. The summed E-state index contributed by atoms with van der Waals surface area (Å²) >= 11 is 0. The van der Waals surface area contributed by atoms with Crippen LogP contribution in [0.1, 0.15) is 43.0 Å². The van der Waals surface area contributed by atoms with E-state index in [1.54, 1.807) is 19.1 Å². The van der Waals surface area contributed by atoms with E-state index in [0.29, 0.717) is 18.8 Å². The molecule has 150 valence electrons. The minimum atomic E-state index is -0.142. The van der Waals surface area contributed by atoms with Crippen LogP contribution in [0.2, 0.25) is 0 Å². The third-order valence-corrected chi connectivity index (χ3v) is 5.40. The molecule has 1 aromatic heterocycles. The molecule has 0 spiro atoms. The molecular formula is C22H24N4O3. The summed E-state index contributed by atoms with van der Waals surface area (Å²) in [7, 11) is 3.30. The zero-order valence-electron chi connectivity index (χ0n) is 16.8. The molecule has 3 aromatic rings. The number of fused-ring (bicyclic) bond motifs is 1. The largest absolute Gasteiger partial charge is 0.497 e. The first kappa shape index (κ1) is 19.0. The van der Waals surface area contributed by atoms with Crippen LogP contribution < -0.4 is 14.4 Å². The van der Waals surface area contributed by atoms with Gasteiger partial charge in [-0.15, -0.1) is 0 Å². The molecule has 2 aromatic carbocycles. The molecule has 2 heterocycles. The molecule has 1 aliphatic heterocycles. The second kappa shape index (κ2) is 7.95. The molecule has 29 heavy (non-hydrogen) atoms. The van der Waals surface area contributed by atoms with E-state index in [4.69, 9.17) is 9.47 Å². The average Bonchev–Trinajstić information content (AvgIpc) is 3.27. The normalized spacial score (nSPS) is 18.2. The quantitative estimate of drug-likeness (QED) is 0.661. The van der Waals surface area contributed by atoms with Gasteiger partial charge in [0, 0.05) is 6.42 Å². The van der Waals surface area contributed by atoms with E-state index in [9.17, 15) is 4.79 Å². The Morgan fingerprint density at radius 1 is 0.966 bits per heavy atom. The molecule has 7 nitrogen and oxygen atoms in total. The van der Waals surface area contributed by atoms with Crippen molar-refractivity contribution in [3.63, 3.8) is 0 Å². The minimum absolute atomic E-state index is 0.0215. The molecule has 7 heteroatoms. The molecule has 0 fully saturated rings. The lowest BCUT2D eigenvalue weighted by Gasteiger charge is -2.39. The number of aromatic nitrogens is 3. The van der Waals surface area contributed by atoms with Crippen molar-refractivity contribution in [1.29, 1.82) is 0 Å². The maximum atomic E-state index is 12.9. The van der Waals surface area contributed by atoms with Crippen LogP contribution in [0.15, 0.2) is 54.9 Å². The van der Waals surface area contributed by atoms with E-state index in [0.717, 1.165) is 22.6 Å². The summed E-state index contributed by atoms with van der Waals surface area (Å²) in [5.74, 6) is 2.18. The molecule has 4 rings (SSSR count). The Labute approximate surface area is 169 Å². The Bertz CT molecular complexity index is 982. The van der Waals surface area contributed by atoms with Gasteiger partial charge in [-0.2, -0.15) is 10.1 Å². The number of carbonyl (C=O) groups is 1. The number of methoxy groups -OCH3 is 2. The summed E-state index contributed by atoms with van der Waals surface area (Å²) in [5, 5.41) is 4.44. The first-order valence-electron chi connectivity index (χ1n) is 9.65. The van der Waals surface area contributed by atoms with Gasteiger partial charge in [-0.05, 0) is 41.8 Å². The highest BCUT2D eigenvalue weighted by molar-refractivity contribution is 5.92. The summed E-state index contributed by atoms with van der Waals surface area (Å²) in [4.78, 5) is 19.1. The van der Waals surface area contributed by atoms with Crippen LogP contribution in [0.25, 0.3) is 0 Å². The van der Waals surface area contributed by atoms with Gasteiger partial charge in [-0.25, -0.2) is 4.68 Å². The van der Waals surface area contributed by atoms with Gasteiger partial charge in [-0.1, -0.05) is 31.2 Å². The second-order valence-electron chi connectivity index (χ2n) is 6.94. The molecule has 0 radical (unpaired) electrons. The average molecular weight is 392 g/mol. The van der Waals surface area contributed by atoms with Crippen LogP contribution in [-0.4, -0.2) is 34.9 Å². The number of hydrogen-bond acceptors (Lipinski definition) is 5. The monoisotopic (exact) mass is 392 g/mol. The lowest BCUT2D eigenvalue weighted by atomic mass is 9.91. The maximum absolute atomic E-state index is 12.9. The maximum Gasteiger partial charge on any atom is 0.231 e. The van der Waals surface area contributed by atoms with E-state index in [-0.39, 0.29) is 18.0 Å². The van der Waals surface area contributed by atoms with Crippen molar-refractivity contribution in [2.45, 2.75) is 31.8 Å². The van der Waals surface area contributed by atoms with Crippen LogP contribution in [0.4, 0.5) is 5.95 Å². The van der Waals surface area contributed by atoms with Gasteiger partial charge in [0.15, 0.2) is 0 Å². The third-order valence-electron chi connectivity index (χ3n) is 5.40. The van der Waals surface area contributed by atoms with Gasteiger partial charge < -0.3 is 9.47 Å². The highest BCUT2D eigenvalue weighted by atomic mass is 16.5. The van der Waals surface area contributed by atoms with Crippen LogP contribution in [0, 0.1) is 0 Å². The van der Waals surface area contributed by atoms with Gasteiger partial charge in [-0.3, -0.25) is 9.69 Å². The van der Waals surface area contributed by atoms with Crippen LogP contribution in [-0.2, 0) is 4.79 Å². The number of hydrogen-bond donors (Lipinski definition) is 0. The topological polar surface area (TPSA) is 69.5 Å². The van der Waals surface area contributed by atoms with Crippen molar-refractivity contribution >= 4 is 11.9 Å². The fourth-order valence-corrected chi connectivity index (χ4v) is 3.86. The van der Waals surface area contributed by atoms with Crippen LogP contribution in [0.5, 0.6) is 11.5 Å². The van der Waals surface area contributed by atoms with Crippen molar-refractivity contribution in [3.8, 4) is 11.5 Å². The van der Waals surface area contributed by atoms with E-state index in [1.807, 2.05) is 60.1 Å². The lowest BCUT2D eigenvalue weighted by molar-refractivity contribution is -0.119. The number of anilines is 1. The minimum Gasteiger partial charge on any atom is -0.497 e. The number of carbonyl (C=O) groups excluding carboxylic acids is 1. The Balaban J connectivity index is 1.79. The summed E-state index contributed by atoms with van der Waals surface area (Å²) < 4.78 is 12.4. The summed E-state index contributed by atoms with van der Waals surface area (Å²) in [6.07, 6.45) is 2.60. The van der Waals surface area contributed by atoms with Gasteiger partial charge >= 0.3 is 0 Å². The zero-order valence-corrected chi connectivity index (χ0v) is 16.8. The molecule has 0 saturated carbocycles. The first-order chi connectivity index (χ1) is 14.2. The smallest absolute Gasteiger partial charge is 0.231 e. The number of rotatable bonds is 5. The summed E-state index contributed by atoms with van der Waals surface area (Å²) in [5.41, 5.74) is 2.14. The van der Waals surface area contributed by atoms with Gasteiger partial charge in [0.25, 0.3) is 0 Å². The van der Waals surface area contributed by atoms with Crippen molar-refractivity contribution in [2.24, 2.45) is 0 Å². The first-order valence-corrected chi connectivity index (χ1v) is 9.65. The van der Waals surface area contributed by atoms with E-state index >= 15 is 0 Å². The van der Waals surface area contributed by atoms with Gasteiger partial charge in [0.1, 0.15) is 17.8 Å². The van der Waals surface area contributed by atoms with Gasteiger partial charge in [0.2, 0.25) is 11.9 Å². The molecule has 1 amide bonds. The predicted octanol–water partition coefficient (Wildman–Crippen LogP) is 3.77. The Morgan fingerprint density at radius 3 is 2.03 bits per heavy atom. The van der Waals surface area contributed by atoms with Crippen molar-refractivity contribution < 1.29 is 14.3 Å². The van der Waals surface area contributed by atoms with E-state index < -0.39 is 0 Å². The SMILES string of the molecule is CCC(=O)N1c2ncnn2C(c2ccc(OC)cc2)CC1c1ccc(OC)cc1. The fourth-order valence-electron chi connectivity index (χ4n) is 3.86. The molecule has 2 atom stereocenters. The zero-order chi connectivity index (χ0) is 20.4. The molecule has 2 unspecified atom stereocenters. The second-order valence-corrected chi connectivity index (χ2v) is 6.94. The highest BCUT2D eigenvalue weighted by Crippen LogP contribution is 2.42. The number of amides is 1. The van der Waals surface area contributed by atoms with Crippen LogP contribution in [0.3, 0.4) is 0 Å². The van der Waals surface area contributed by atoms with Crippen molar-refractivity contribution in [1.82, 2.24) is 14.8 Å². The van der Waals surface area contributed by atoms with E-state index in [1.165, 1.54) is 6.33 Å². The Hall–Kier alpha value is -3.35. The van der Waals surface area contributed by atoms with Gasteiger partial charge in [0.05, 0.1) is 26.3 Å². The summed E-state index contributed by atoms with van der Waals surface area (Å²) in [6, 6.07) is 15.7. The molecule has 0 aliphatic carbocycles. The van der Waals surface area contributed by atoms with Crippen LogP contribution >= 0.6 is 0 Å². The fraction of sp³-hybridized carbons (Fsp3) is 0.318. The molecular weight excluding hydrogens is 368 g/mol. The molecule has 0 N–H and O–H groups in total. The lowest BCUT2D eigenvalue weighted by Crippen LogP contribution is -2.42. The molecule has 0 bridgehead atoms. The van der Waals surface area contributed by atoms with Crippen molar-refractivity contribution in [3.05, 3.63) is 66.0 Å². The number of nitrogens with zero attached hydrogens (tertiary/aromatic N) is 4. The van der Waals surface area contributed by atoms with E-state index in [2.05, 4.69) is 10.1 Å². The predicted molar refractivity (Wildman–Crippen MR) is 109 cm³/mol. The van der Waals surface area contributed by atoms with Crippen molar-refractivity contribution in [2.75, 3.05) is 19.1 Å². The summed E-state index contributed by atoms with van der Waals surface area (Å²) in [6.45, 7) is 1.86. The molecule has 0 saturated heterocycles. The Kier molecular flexibility index (Phi) is 5.20. The number of ether oxygens (including phenoxy) is 2. The highest BCUT2D eigenvalue weighted by Gasteiger charge is 2.38. The number of benzene rings is 2. The standard InChI is InChI=1S/C22H24N4O3/c1-4-21(27)25-19(15-5-9-17(28-2)10-6-15)13-20(26-22(25)23-14-24-26)16-7-11-18(29-3)12-8-16/h5-12,14,19-20H,4,13H2,1-3H3. The molecule has 1 aliphatic rings. The Morgan fingerprint density at radius 2 is 1.52 bits per heavy atom.